The minimum absolute atomic E-state index is 0.558. The molecule has 2 heteroatoms. The van der Waals surface area contributed by atoms with Gasteiger partial charge in [0.05, 0.1) is 0 Å². The van der Waals surface area contributed by atoms with Gasteiger partial charge in [-0.25, -0.2) is 0 Å². The van der Waals surface area contributed by atoms with E-state index in [0.717, 1.165) is 6.54 Å². The van der Waals surface area contributed by atoms with Gasteiger partial charge in [0, 0.05) is 25.5 Å². The van der Waals surface area contributed by atoms with Crippen molar-refractivity contribution in [2.45, 2.75) is 84.3 Å². The third-order valence-electron chi connectivity index (χ3n) is 5.01. The molecule has 1 aromatic carbocycles. The summed E-state index contributed by atoms with van der Waals surface area (Å²) < 4.78 is 0. The molecule has 1 unspecified atom stereocenters. The molecule has 0 aliphatic carbocycles. The van der Waals surface area contributed by atoms with E-state index in [2.05, 4.69) is 66.4 Å². The Bertz CT molecular complexity index is 454. The Morgan fingerprint density at radius 2 is 1.42 bits per heavy atom. The first kappa shape index (κ1) is 18.9. The van der Waals surface area contributed by atoms with E-state index < -0.39 is 0 Å². The van der Waals surface area contributed by atoms with Crippen LogP contribution in [0, 0.1) is 0 Å². The highest BCUT2D eigenvalue weighted by atomic mass is 15.4. The summed E-state index contributed by atoms with van der Waals surface area (Å²) in [6.07, 6.45) is 17.3. The van der Waals surface area contributed by atoms with E-state index in [1.165, 1.54) is 69.9 Å². The Balaban J connectivity index is 1.84. The van der Waals surface area contributed by atoms with Gasteiger partial charge in [-0.2, -0.15) is 0 Å². The minimum Gasteiger partial charge on any atom is -0.356 e. The molecule has 0 radical (unpaired) electrons. The summed E-state index contributed by atoms with van der Waals surface area (Å²) in [6.45, 7) is 6.79. The van der Waals surface area contributed by atoms with Gasteiger partial charge in [-0.15, -0.1) is 0 Å². The third-order valence-corrected chi connectivity index (χ3v) is 5.01. The van der Waals surface area contributed by atoms with E-state index in [1.54, 1.807) is 0 Å². The van der Waals surface area contributed by atoms with Crippen LogP contribution in [-0.4, -0.2) is 22.5 Å². The highest BCUT2D eigenvalue weighted by Gasteiger charge is 2.25. The lowest BCUT2D eigenvalue weighted by molar-refractivity contribution is 0.132. The Hall–Kier alpha value is -1.44. The van der Waals surface area contributed by atoms with Gasteiger partial charge in [-0.3, -0.25) is 0 Å². The van der Waals surface area contributed by atoms with E-state index in [0.29, 0.717) is 6.17 Å². The van der Waals surface area contributed by atoms with Crippen LogP contribution in [0.5, 0.6) is 0 Å². The number of rotatable bonds is 12. The molecule has 1 heterocycles. The monoisotopic (exact) mass is 328 g/mol. The first-order chi connectivity index (χ1) is 11.8. The predicted octanol–water partition coefficient (Wildman–Crippen LogP) is 6.15. The molecule has 134 valence electrons. The minimum atomic E-state index is 0.558. The smallest absolute Gasteiger partial charge is 0.101 e. The summed E-state index contributed by atoms with van der Waals surface area (Å²) >= 11 is 0. The van der Waals surface area contributed by atoms with Gasteiger partial charge < -0.3 is 9.80 Å². The fourth-order valence-corrected chi connectivity index (χ4v) is 3.52. The molecule has 0 spiro atoms. The van der Waals surface area contributed by atoms with Crippen molar-refractivity contribution in [3.63, 3.8) is 0 Å². The molecule has 0 N–H and O–H groups in total. The van der Waals surface area contributed by atoms with Crippen molar-refractivity contribution in [3.05, 3.63) is 48.3 Å². The molecule has 0 saturated carbocycles. The topological polar surface area (TPSA) is 6.48 Å². The Morgan fingerprint density at radius 1 is 0.750 bits per heavy atom. The maximum absolute atomic E-state index is 2.57. The van der Waals surface area contributed by atoms with Crippen molar-refractivity contribution in [1.29, 1.82) is 0 Å². The van der Waals surface area contributed by atoms with Gasteiger partial charge in [-0.1, -0.05) is 82.7 Å². The van der Waals surface area contributed by atoms with Crippen LogP contribution in [0.2, 0.25) is 0 Å². The van der Waals surface area contributed by atoms with Gasteiger partial charge in [0.15, 0.2) is 0 Å². The van der Waals surface area contributed by atoms with Crippen molar-refractivity contribution < 1.29 is 0 Å². The summed E-state index contributed by atoms with van der Waals surface area (Å²) in [7, 11) is 0. The lowest BCUT2D eigenvalue weighted by atomic mass is 10.1. The summed E-state index contributed by atoms with van der Waals surface area (Å²) in [4.78, 5) is 5.11. The highest BCUT2D eigenvalue weighted by Crippen LogP contribution is 2.24. The molecule has 0 amide bonds. The quantitative estimate of drug-likeness (QED) is 0.424. The summed E-state index contributed by atoms with van der Waals surface area (Å²) in [6, 6.07) is 10.9. The van der Waals surface area contributed by atoms with Gasteiger partial charge in [-0.05, 0) is 24.8 Å². The predicted molar refractivity (Wildman–Crippen MR) is 105 cm³/mol. The van der Waals surface area contributed by atoms with Crippen molar-refractivity contribution in [3.8, 4) is 0 Å². The number of nitrogens with zero attached hydrogens (tertiary/aromatic N) is 2. The molecular weight excluding hydrogens is 292 g/mol. The number of benzene rings is 1. The second-order valence-electron chi connectivity index (χ2n) is 7.08. The Labute approximate surface area is 149 Å². The fraction of sp³-hybridized carbons (Fsp3) is 0.636. The van der Waals surface area contributed by atoms with E-state index >= 15 is 0 Å². The van der Waals surface area contributed by atoms with Crippen molar-refractivity contribution in [2.24, 2.45) is 0 Å². The van der Waals surface area contributed by atoms with E-state index in [-0.39, 0.29) is 0 Å². The highest BCUT2D eigenvalue weighted by molar-refractivity contribution is 5.15. The molecule has 1 atom stereocenters. The third kappa shape index (κ3) is 6.22. The SMILES string of the molecule is CCCCCCCCC1N(CCCC)C=CN1Cc1ccccc1. The fourth-order valence-electron chi connectivity index (χ4n) is 3.52. The number of hydrogen-bond donors (Lipinski definition) is 0. The zero-order chi connectivity index (χ0) is 17.0. The lowest BCUT2D eigenvalue weighted by Gasteiger charge is -2.33. The average molecular weight is 329 g/mol. The van der Waals surface area contributed by atoms with Crippen molar-refractivity contribution >= 4 is 0 Å². The zero-order valence-electron chi connectivity index (χ0n) is 15.8. The van der Waals surface area contributed by atoms with Crippen LogP contribution >= 0.6 is 0 Å². The maximum Gasteiger partial charge on any atom is 0.101 e. The molecule has 2 nitrogen and oxygen atoms in total. The van der Waals surface area contributed by atoms with Crippen LogP contribution in [-0.2, 0) is 6.54 Å². The van der Waals surface area contributed by atoms with Crippen LogP contribution in [0.15, 0.2) is 42.7 Å². The lowest BCUT2D eigenvalue weighted by Crippen LogP contribution is -2.38. The molecule has 0 bridgehead atoms. The van der Waals surface area contributed by atoms with Crippen LogP contribution in [0.4, 0.5) is 0 Å². The first-order valence-corrected chi connectivity index (χ1v) is 10.1. The van der Waals surface area contributed by atoms with Crippen LogP contribution in [0.1, 0.15) is 77.2 Å². The summed E-state index contributed by atoms with van der Waals surface area (Å²) in [5.74, 6) is 0. The van der Waals surface area contributed by atoms with Crippen LogP contribution < -0.4 is 0 Å². The first-order valence-electron chi connectivity index (χ1n) is 10.1. The van der Waals surface area contributed by atoms with Crippen molar-refractivity contribution in [1.82, 2.24) is 9.80 Å². The van der Waals surface area contributed by atoms with Gasteiger partial charge >= 0.3 is 0 Å². The Morgan fingerprint density at radius 3 is 2.17 bits per heavy atom. The molecule has 1 aliphatic rings. The molecule has 0 saturated heterocycles. The van der Waals surface area contributed by atoms with Crippen LogP contribution in [0.25, 0.3) is 0 Å². The molecule has 24 heavy (non-hydrogen) atoms. The van der Waals surface area contributed by atoms with Crippen molar-refractivity contribution in [2.75, 3.05) is 6.54 Å². The summed E-state index contributed by atoms with van der Waals surface area (Å²) in [5, 5.41) is 0. The van der Waals surface area contributed by atoms with E-state index in [4.69, 9.17) is 0 Å². The normalized spacial score (nSPS) is 17.0. The van der Waals surface area contributed by atoms with Crippen LogP contribution in [0.3, 0.4) is 0 Å². The Kier molecular flexibility index (Phi) is 8.80. The van der Waals surface area contributed by atoms with E-state index in [9.17, 15) is 0 Å². The van der Waals surface area contributed by atoms with Gasteiger partial charge in [0.2, 0.25) is 0 Å². The molecule has 1 aliphatic heterocycles. The molecule has 0 fully saturated rings. The van der Waals surface area contributed by atoms with E-state index in [1.807, 2.05) is 0 Å². The summed E-state index contributed by atoms with van der Waals surface area (Å²) in [5.41, 5.74) is 1.41. The van der Waals surface area contributed by atoms with Gasteiger partial charge in [0.1, 0.15) is 6.17 Å². The average Bonchev–Trinajstić information content (AvgIpc) is 2.98. The zero-order valence-corrected chi connectivity index (χ0v) is 15.8. The standard InChI is InChI=1S/C22H36N2/c1-3-5-7-8-9-13-16-22-23(17-6-4-2)18-19-24(22)20-21-14-11-10-12-15-21/h10-12,14-15,18-19,22H,3-9,13,16-17,20H2,1-2H3. The largest absolute Gasteiger partial charge is 0.356 e. The molecular formula is C22H36N2. The molecule has 0 aromatic heterocycles. The second kappa shape index (κ2) is 11.2. The maximum atomic E-state index is 2.57. The number of unbranched alkanes of at least 4 members (excludes halogenated alkanes) is 6. The van der Waals surface area contributed by atoms with Gasteiger partial charge in [0.25, 0.3) is 0 Å². The molecule has 1 aromatic rings. The second-order valence-corrected chi connectivity index (χ2v) is 7.08. The molecule has 2 rings (SSSR count). The number of hydrogen-bond acceptors (Lipinski definition) is 2.